The Morgan fingerprint density at radius 1 is 1.40 bits per heavy atom. The third-order valence-electron chi connectivity index (χ3n) is 3.66. The zero-order chi connectivity index (χ0) is 13.9. The first-order valence-electron chi connectivity index (χ1n) is 7.17. The highest BCUT2D eigenvalue weighted by Crippen LogP contribution is 2.29. The minimum Gasteiger partial charge on any atom is -0.441 e. The maximum atomic E-state index is 6.14. The first kappa shape index (κ1) is 13.7. The van der Waals surface area contributed by atoms with Crippen molar-refractivity contribution in [3.8, 4) is 11.3 Å². The fourth-order valence-electron chi connectivity index (χ4n) is 2.26. The van der Waals surface area contributed by atoms with Crippen molar-refractivity contribution in [3.63, 3.8) is 0 Å². The monoisotopic (exact) mass is 290 g/mol. The van der Waals surface area contributed by atoms with Crippen molar-refractivity contribution in [1.29, 1.82) is 0 Å². The van der Waals surface area contributed by atoms with Crippen LogP contribution in [0.1, 0.15) is 30.7 Å². The summed E-state index contributed by atoms with van der Waals surface area (Å²) in [5.74, 6) is 1.60. The lowest BCUT2D eigenvalue weighted by molar-refractivity contribution is 0.491. The number of rotatable bonds is 6. The Hall–Kier alpha value is -1.32. The minimum atomic E-state index is 0.758. The summed E-state index contributed by atoms with van der Waals surface area (Å²) in [4.78, 5) is 4.36. The van der Waals surface area contributed by atoms with Crippen molar-refractivity contribution >= 4 is 11.6 Å². The molecule has 1 aromatic carbocycles. The molecule has 1 heterocycles. The Bertz CT molecular complexity index is 590. The molecule has 1 aliphatic carbocycles. The minimum absolute atomic E-state index is 0.758. The van der Waals surface area contributed by atoms with E-state index in [1.165, 1.54) is 12.8 Å². The summed E-state index contributed by atoms with van der Waals surface area (Å²) in [6, 6.07) is 6.61. The Morgan fingerprint density at radius 3 is 3.05 bits per heavy atom. The highest BCUT2D eigenvalue weighted by Gasteiger charge is 2.19. The van der Waals surface area contributed by atoms with Gasteiger partial charge in [0.25, 0.3) is 0 Å². The molecule has 20 heavy (non-hydrogen) atoms. The summed E-state index contributed by atoms with van der Waals surface area (Å²) in [6.07, 6.45) is 6.39. The number of benzene rings is 1. The highest BCUT2D eigenvalue weighted by molar-refractivity contribution is 6.31. The number of hydrogen-bond donors (Lipinski definition) is 1. The van der Waals surface area contributed by atoms with Gasteiger partial charge >= 0.3 is 0 Å². The van der Waals surface area contributed by atoms with Crippen molar-refractivity contribution in [3.05, 3.63) is 40.9 Å². The molecule has 106 valence electrons. The van der Waals surface area contributed by atoms with Crippen LogP contribution in [0.2, 0.25) is 5.02 Å². The topological polar surface area (TPSA) is 38.1 Å². The Kier molecular flexibility index (Phi) is 4.08. The van der Waals surface area contributed by atoms with E-state index in [9.17, 15) is 0 Å². The molecule has 3 nitrogen and oxygen atoms in total. The van der Waals surface area contributed by atoms with E-state index in [0.29, 0.717) is 0 Å². The third kappa shape index (κ3) is 3.22. The molecule has 0 amide bonds. The SMILES string of the molecule is Cc1c(Cl)cccc1-c1cnc(CCCNC2CC2)o1. The van der Waals surface area contributed by atoms with Crippen LogP contribution in [-0.4, -0.2) is 17.6 Å². The van der Waals surface area contributed by atoms with Gasteiger partial charge in [-0.3, -0.25) is 0 Å². The lowest BCUT2D eigenvalue weighted by atomic mass is 10.1. The van der Waals surface area contributed by atoms with Crippen LogP contribution in [0, 0.1) is 6.92 Å². The summed E-state index contributed by atoms with van der Waals surface area (Å²) in [6.45, 7) is 3.04. The van der Waals surface area contributed by atoms with E-state index in [1.54, 1.807) is 6.20 Å². The van der Waals surface area contributed by atoms with Gasteiger partial charge in [-0.15, -0.1) is 0 Å². The van der Waals surface area contributed by atoms with E-state index in [1.807, 2.05) is 25.1 Å². The lowest BCUT2D eigenvalue weighted by Gasteiger charge is -2.03. The number of hydrogen-bond acceptors (Lipinski definition) is 3. The number of aryl methyl sites for hydroxylation is 1. The van der Waals surface area contributed by atoms with Crippen LogP contribution < -0.4 is 5.32 Å². The van der Waals surface area contributed by atoms with E-state index < -0.39 is 0 Å². The zero-order valence-electron chi connectivity index (χ0n) is 11.7. The van der Waals surface area contributed by atoms with Crippen LogP contribution in [0.15, 0.2) is 28.8 Å². The van der Waals surface area contributed by atoms with Crippen molar-refractivity contribution < 1.29 is 4.42 Å². The smallest absolute Gasteiger partial charge is 0.194 e. The molecule has 3 rings (SSSR count). The molecule has 1 aliphatic rings. The standard InChI is InChI=1S/C16H19ClN2O/c1-11-13(4-2-5-14(11)17)15-10-19-16(20-15)6-3-9-18-12-7-8-12/h2,4-5,10,12,18H,3,6-9H2,1H3. The number of nitrogens with zero attached hydrogens (tertiary/aromatic N) is 1. The van der Waals surface area contributed by atoms with Gasteiger partial charge in [-0.25, -0.2) is 4.98 Å². The van der Waals surface area contributed by atoms with Crippen molar-refractivity contribution in [2.45, 2.75) is 38.6 Å². The summed E-state index contributed by atoms with van der Waals surface area (Å²) >= 11 is 6.14. The molecule has 0 saturated heterocycles. The van der Waals surface area contributed by atoms with Gasteiger partial charge in [0.1, 0.15) is 0 Å². The summed E-state index contributed by atoms with van der Waals surface area (Å²) in [5.41, 5.74) is 2.06. The van der Waals surface area contributed by atoms with E-state index >= 15 is 0 Å². The molecule has 1 N–H and O–H groups in total. The van der Waals surface area contributed by atoms with Crippen LogP contribution in [0.4, 0.5) is 0 Å². The van der Waals surface area contributed by atoms with Gasteiger partial charge in [0.2, 0.25) is 0 Å². The number of nitrogens with one attached hydrogen (secondary N) is 1. The van der Waals surface area contributed by atoms with Crippen molar-refractivity contribution in [2.75, 3.05) is 6.54 Å². The second-order valence-electron chi connectivity index (χ2n) is 5.36. The molecular weight excluding hydrogens is 272 g/mol. The predicted molar refractivity (Wildman–Crippen MR) is 81.0 cm³/mol. The molecule has 1 saturated carbocycles. The van der Waals surface area contributed by atoms with Gasteiger partial charge in [0.05, 0.1) is 6.20 Å². The van der Waals surface area contributed by atoms with Crippen LogP contribution in [-0.2, 0) is 6.42 Å². The first-order chi connectivity index (χ1) is 9.74. The third-order valence-corrected chi connectivity index (χ3v) is 4.07. The second-order valence-corrected chi connectivity index (χ2v) is 5.77. The Labute approximate surface area is 124 Å². The summed E-state index contributed by atoms with van der Waals surface area (Å²) in [7, 11) is 0. The molecule has 0 bridgehead atoms. The fraction of sp³-hybridized carbons (Fsp3) is 0.438. The molecule has 0 aliphatic heterocycles. The van der Waals surface area contributed by atoms with Crippen molar-refractivity contribution in [1.82, 2.24) is 10.3 Å². The molecule has 2 aromatic rings. The Morgan fingerprint density at radius 2 is 2.25 bits per heavy atom. The van der Waals surface area contributed by atoms with Gasteiger partial charge in [-0.05, 0) is 44.4 Å². The number of aromatic nitrogens is 1. The van der Waals surface area contributed by atoms with Gasteiger partial charge in [-0.2, -0.15) is 0 Å². The first-order valence-corrected chi connectivity index (χ1v) is 7.55. The van der Waals surface area contributed by atoms with Gasteiger partial charge in [-0.1, -0.05) is 23.7 Å². The average molecular weight is 291 g/mol. The average Bonchev–Trinajstić information content (AvgIpc) is 3.15. The molecular formula is C16H19ClN2O. The summed E-state index contributed by atoms with van der Waals surface area (Å²) < 4.78 is 5.83. The number of halogens is 1. The molecule has 4 heteroatoms. The largest absolute Gasteiger partial charge is 0.441 e. The molecule has 0 unspecified atom stereocenters. The van der Waals surface area contributed by atoms with Gasteiger partial charge in [0.15, 0.2) is 11.7 Å². The van der Waals surface area contributed by atoms with E-state index in [-0.39, 0.29) is 0 Å². The predicted octanol–water partition coefficient (Wildman–Crippen LogP) is 3.99. The highest BCUT2D eigenvalue weighted by atomic mass is 35.5. The maximum absolute atomic E-state index is 6.14. The van der Waals surface area contributed by atoms with Crippen LogP contribution in [0.5, 0.6) is 0 Å². The van der Waals surface area contributed by atoms with Gasteiger partial charge in [0, 0.05) is 23.0 Å². The van der Waals surface area contributed by atoms with Gasteiger partial charge < -0.3 is 9.73 Å². The molecule has 0 spiro atoms. The second kappa shape index (κ2) is 5.98. The normalized spacial score (nSPS) is 14.7. The zero-order valence-corrected chi connectivity index (χ0v) is 12.4. The fourth-order valence-corrected chi connectivity index (χ4v) is 2.43. The van der Waals surface area contributed by atoms with E-state index in [0.717, 1.165) is 53.2 Å². The lowest BCUT2D eigenvalue weighted by Crippen LogP contribution is -2.17. The molecule has 0 radical (unpaired) electrons. The van der Waals surface area contributed by atoms with Crippen LogP contribution in [0.3, 0.4) is 0 Å². The Balaban J connectivity index is 1.62. The van der Waals surface area contributed by atoms with Crippen LogP contribution in [0.25, 0.3) is 11.3 Å². The van der Waals surface area contributed by atoms with E-state index in [4.69, 9.17) is 16.0 Å². The molecule has 0 atom stereocenters. The van der Waals surface area contributed by atoms with Crippen LogP contribution >= 0.6 is 11.6 Å². The van der Waals surface area contributed by atoms with Crippen molar-refractivity contribution in [2.24, 2.45) is 0 Å². The quantitative estimate of drug-likeness (QED) is 0.818. The number of oxazole rings is 1. The summed E-state index contributed by atoms with van der Waals surface area (Å²) in [5, 5.41) is 4.25. The maximum Gasteiger partial charge on any atom is 0.194 e. The van der Waals surface area contributed by atoms with E-state index in [2.05, 4.69) is 10.3 Å². The molecule has 1 fully saturated rings. The molecule has 1 aromatic heterocycles.